The minimum atomic E-state index is -0.175. The highest BCUT2D eigenvalue weighted by atomic mass is 35.5. The number of ether oxygens (including phenoxy) is 1. The number of halogens is 2. The van der Waals surface area contributed by atoms with E-state index in [4.69, 9.17) is 27.9 Å². The summed E-state index contributed by atoms with van der Waals surface area (Å²) in [5, 5.41) is 6.90. The maximum absolute atomic E-state index is 12.1. The first-order valence-corrected chi connectivity index (χ1v) is 7.80. The van der Waals surface area contributed by atoms with Gasteiger partial charge in [-0.15, -0.1) is 0 Å². The number of hydrogen-bond donors (Lipinski definition) is 2. The van der Waals surface area contributed by atoms with Gasteiger partial charge in [-0.05, 0) is 30.7 Å². The van der Waals surface area contributed by atoms with Crippen molar-refractivity contribution in [3.8, 4) is 0 Å². The van der Waals surface area contributed by atoms with Crippen molar-refractivity contribution in [2.45, 2.75) is 6.42 Å². The summed E-state index contributed by atoms with van der Waals surface area (Å²) in [5.74, 6) is -0.175. The van der Waals surface area contributed by atoms with Crippen molar-refractivity contribution in [2.24, 2.45) is 0 Å². The van der Waals surface area contributed by atoms with Crippen LogP contribution in [0.4, 0.5) is 11.4 Å². The first-order chi connectivity index (χ1) is 11.1. The third-order valence-electron chi connectivity index (χ3n) is 3.02. The Kier molecular flexibility index (Phi) is 6.65. The number of carbonyl (C=O) groups is 1. The molecule has 5 nitrogen and oxygen atoms in total. The van der Waals surface area contributed by atoms with Gasteiger partial charge in [-0.3, -0.25) is 9.78 Å². The molecular formula is C16H17Cl2N3O2. The number of methoxy groups -OCH3 is 1. The maximum atomic E-state index is 12.1. The lowest BCUT2D eigenvalue weighted by Crippen LogP contribution is -2.25. The van der Waals surface area contributed by atoms with Crippen LogP contribution in [0, 0.1) is 0 Å². The Morgan fingerprint density at radius 1 is 1.17 bits per heavy atom. The number of aromatic nitrogens is 1. The van der Waals surface area contributed by atoms with Crippen molar-refractivity contribution in [1.29, 1.82) is 0 Å². The summed E-state index contributed by atoms with van der Waals surface area (Å²) in [6.45, 7) is 1.16. The van der Waals surface area contributed by atoms with E-state index in [-0.39, 0.29) is 5.91 Å². The first-order valence-electron chi connectivity index (χ1n) is 7.04. The molecule has 0 unspecified atom stereocenters. The van der Waals surface area contributed by atoms with Gasteiger partial charge in [-0.1, -0.05) is 23.2 Å². The summed E-state index contributed by atoms with van der Waals surface area (Å²) in [6, 6.07) is 6.93. The molecule has 0 fully saturated rings. The van der Waals surface area contributed by atoms with E-state index in [1.807, 2.05) is 0 Å². The van der Waals surface area contributed by atoms with Crippen LogP contribution in [0.1, 0.15) is 16.8 Å². The Labute approximate surface area is 145 Å². The molecule has 0 spiro atoms. The SMILES string of the molecule is COCCCNC(=O)c1cncc(Nc2ccc(Cl)c(Cl)c2)c1. The van der Waals surface area contributed by atoms with E-state index >= 15 is 0 Å². The molecule has 0 radical (unpaired) electrons. The fourth-order valence-electron chi connectivity index (χ4n) is 1.89. The van der Waals surface area contributed by atoms with Crippen LogP contribution in [-0.4, -0.2) is 31.2 Å². The Bertz CT molecular complexity index is 680. The third-order valence-corrected chi connectivity index (χ3v) is 3.76. The van der Waals surface area contributed by atoms with Crippen LogP contribution in [0.25, 0.3) is 0 Å². The summed E-state index contributed by atoms with van der Waals surface area (Å²) in [5.41, 5.74) is 1.93. The van der Waals surface area contributed by atoms with Crippen molar-refractivity contribution in [3.63, 3.8) is 0 Å². The zero-order valence-electron chi connectivity index (χ0n) is 12.6. The van der Waals surface area contributed by atoms with E-state index in [0.717, 1.165) is 12.1 Å². The molecule has 1 heterocycles. The lowest BCUT2D eigenvalue weighted by Gasteiger charge is -2.09. The van der Waals surface area contributed by atoms with Crippen molar-refractivity contribution in [2.75, 3.05) is 25.6 Å². The van der Waals surface area contributed by atoms with Gasteiger partial charge in [0.15, 0.2) is 0 Å². The predicted octanol–water partition coefficient (Wildman–Crippen LogP) is 3.90. The Hall–Kier alpha value is -1.82. The molecule has 0 aliphatic carbocycles. The van der Waals surface area contributed by atoms with Crippen molar-refractivity contribution in [1.82, 2.24) is 10.3 Å². The quantitative estimate of drug-likeness (QED) is 0.741. The van der Waals surface area contributed by atoms with E-state index in [9.17, 15) is 4.79 Å². The molecule has 0 aliphatic rings. The molecule has 1 aromatic carbocycles. The molecule has 0 aliphatic heterocycles. The van der Waals surface area contributed by atoms with Gasteiger partial charge in [0.05, 0.1) is 27.5 Å². The van der Waals surface area contributed by atoms with Crippen LogP contribution in [-0.2, 0) is 4.74 Å². The van der Waals surface area contributed by atoms with Gasteiger partial charge in [-0.2, -0.15) is 0 Å². The fraction of sp³-hybridized carbons (Fsp3) is 0.250. The minimum Gasteiger partial charge on any atom is -0.385 e. The highest BCUT2D eigenvalue weighted by Gasteiger charge is 2.07. The van der Waals surface area contributed by atoms with E-state index in [2.05, 4.69) is 15.6 Å². The highest BCUT2D eigenvalue weighted by Crippen LogP contribution is 2.26. The summed E-state index contributed by atoms with van der Waals surface area (Å²) >= 11 is 11.9. The average Bonchev–Trinajstić information content (AvgIpc) is 2.55. The van der Waals surface area contributed by atoms with Crippen LogP contribution in [0.2, 0.25) is 10.0 Å². The number of pyridine rings is 1. The van der Waals surface area contributed by atoms with Crippen LogP contribution >= 0.6 is 23.2 Å². The smallest absolute Gasteiger partial charge is 0.252 e. The minimum absolute atomic E-state index is 0.175. The second-order valence-corrected chi connectivity index (χ2v) is 5.63. The van der Waals surface area contributed by atoms with Gasteiger partial charge in [0.2, 0.25) is 0 Å². The van der Waals surface area contributed by atoms with Crippen LogP contribution < -0.4 is 10.6 Å². The predicted molar refractivity (Wildman–Crippen MR) is 92.8 cm³/mol. The lowest BCUT2D eigenvalue weighted by atomic mass is 10.2. The molecule has 2 N–H and O–H groups in total. The standard InChI is InChI=1S/C16H17Cl2N3O2/c1-23-6-2-5-20-16(22)11-7-13(10-19-9-11)21-12-3-4-14(17)15(18)8-12/h3-4,7-10,21H,2,5-6H2,1H3,(H,20,22). The Morgan fingerprint density at radius 3 is 2.74 bits per heavy atom. The van der Waals surface area contributed by atoms with E-state index in [1.165, 1.54) is 6.20 Å². The molecule has 0 atom stereocenters. The molecule has 23 heavy (non-hydrogen) atoms. The number of hydrogen-bond acceptors (Lipinski definition) is 4. The molecule has 1 aromatic heterocycles. The van der Waals surface area contributed by atoms with E-state index in [0.29, 0.717) is 34.4 Å². The Balaban J connectivity index is 2.01. The van der Waals surface area contributed by atoms with Gasteiger partial charge in [-0.25, -0.2) is 0 Å². The first kappa shape index (κ1) is 17.5. The number of carbonyl (C=O) groups excluding carboxylic acids is 1. The highest BCUT2D eigenvalue weighted by molar-refractivity contribution is 6.42. The van der Waals surface area contributed by atoms with Crippen LogP contribution in [0.5, 0.6) is 0 Å². The van der Waals surface area contributed by atoms with Crippen molar-refractivity contribution >= 4 is 40.5 Å². The van der Waals surface area contributed by atoms with Crippen LogP contribution in [0.3, 0.4) is 0 Å². The monoisotopic (exact) mass is 353 g/mol. The molecule has 2 aromatic rings. The van der Waals surface area contributed by atoms with Gasteiger partial charge >= 0.3 is 0 Å². The Morgan fingerprint density at radius 2 is 2.00 bits per heavy atom. The molecule has 122 valence electrons. The number of anilines is 2. The van der Waals surface area contributed by atoms with E-state index in [1.54, 1.807) is 37.6 Å². The summed E-state index contributed by atoms with van der Waals surface area (Å²) < 4.78 is 4.94. The number of benzene rings is 1. The topological polar surface area (TPSA) is 63.2 Å². The summed E-state index contributed by atoms with van der Waals surface area (Å²) in [4.78, 5) is 16.1. The fourth-order valence-corrected chi connectivity index (χ4v) is 2.19. The van der Waals surface area contributed by atoms with Gasteiger partial charge < -0.3 is 15.4 Å². The number of nitrogens with zero attached hydrogens (tertiary/aromatic N) is 1. The molecule has 0 saturated heterocycles. The molecule has 0 bridgehead atoms. The lowest BCUT2D eigenvalue weighted by molar-refractivity contribution is 0.0948. The van der Waals surface area contributed by atoms with Gasteiger partial charge in [0.1, 0.15) is 0 Å². The molecule has 0 saturated carbocycles. The van der Waals surface area contributed by atoms with E-state index < -0.39 is 0 Å². The van der Waals surface area contributed by atoms with Gasteiger partial charge in [0, 0.05) is 32.1 Å². The van der Waals surface area contributed by atoms with Gasteiger partial charge in [0.25, 0.3) is 5.91 Å². The molecule has 7 heteroatoms. The maximum Gasteiger partial charge on any atom is 0.252 e. The normalized spacial score (nSPS) is 10.4. The second-order valence-electron chi connectivity index (χ2n) is 4.82. The zero-order chi connectivity index (χ0) is 16.7. The largest absolute Gasteiger partial charge is 0.385 e. The molecule has 1 amide bonds. The van der Waals surface area contributed by atoms with Crippen molar-refractivity contribution in [3.05, 3.63) is 52.3 Å². The number of rotatable bonds is 7. The van der Waals surface area contributed by atoms with Crippen LogP contribution in [0.15, 0.2) is 36.7 Å². The number of nitrogens with one attached hydrogen (secondary N) is 2. The molecule has 2 rings (SSSR count). The summed E-state index contributed by atoms with van der Waals surface area (Å²) in [7, 11) is 1.63. The zero-order valence-corrected chi connectivity index (χ0v) is 14.1. The average molecular weight is 354 g/mol. The number of amides is 1. The molecular weight excluding hydrogens is 337 g/mol. The van der Waals surface area contributed by atoms with Crippen molar-refractivity contribution < 1.29 is 9.53 Å². The summed E-state index contributed by atoms with van der Waals surface area (Å²) in [6.07, 6.45) is 3.91. The third kappa shape index (κ3) is 5.39. The second kappa shape index (κ2) is 8.72.